The molecule has 5 N–H and O–H groups in total. The van der Waals surface area contributed by atoms with Crippen LogP contribution in [-0.4, -0.2) is 73.2 Å². The minimum atomic E-state index is -0.969. The second kappa shape index (κ2) is 23.0. The molecule has 50 heavy (non-hydrogen) atoms. The van der Waals surface area contributed by atoms with Crippen molar-refractivity contribution in [3.8, 4) is 11.5 Å². The number of carbonyl (C=O) groups is 4. The first-order valence-corrected chi connectivity index (χ1v) is 15.2. The molecule has 2 aromatic carbocycles. The van der Waals surface area contributed by atoms with Crippen molar-refractivity contribution in [1.29, 1.82) is 0 Å². The predicted molar refractivity (Wildman–Crippen MR) is 201 cm³/mol. The van der Waals surface area contributed by atoms with Gasteiger partial charge in [-0.15, -0.1) is 12.4 Å². The SMILES string of the molecule is C.C.COC(=O)[C@@H](CC(=O)c1cc2c(OC)cccc2[nH]1)CC(C)C.COC(=O)[C@@H](N)CC(C)C.COc1cccc2[nH]c(C(=O)O)cc12.Cl. The predicted octanol–water partition coefficient (Wildman–Crippen LogP) is 7.69. The molecule has 2 heterocycles. The Hall–Kier alpha value is -4.55. The largest absolute Gasteiger partial charge is 0.496 e. The maximum absolute atomic E-state index is 12.5. The molecule has 2 atom stereocenters. The van der Waals surface area contributed by atoms with Gasteiger partial charge in [-0.1, -0.05) is 54.7 Å². The normalized spacial score (nSPS) is 11.3. The van der Waals surface area contributed by atoms with E-state index < -0.39 is 17.9 Å². The second-order valence-corrected chi connectivity index (χ2v) is 11.8. The summed E-state index contributed by atoms with van der Waals surface area (Å²) in [5.74, 6) is -0.00244. The number of aromatic carboxylic acids is 1. The van der Waals surface area contributed by atoms with E-state index in [-0.39, 0.29) is 57.1 Å². The standard InChI is InChI=1S/C18H23NO4.C10H9NO3.C7H15NO2.2CH4.ClH/c1-11(2)8-12(18(21)23-4)9-16(20)15-10-13-14(19-15)6-5-7-17(13)22-3;1-14-9-4-2-3-7-6(9)5-8(11-7)10(12)13;1-5(2)4-6(8)7(9)10-3;;;/h5-7,10-12,19H,8-9H2,1-4H3;2-5,11H,1H3,(H,12,13);5-6H,4,8H2,1-3H3;2*1H4;1H/t12-;;6-;;;/m1.0.../s1. The van der Waals surface area contributed by atoms with Crippen LogP contribution in [0, 0.1) is 17.8 Å². The van der Waals surface area contributed by atoms with Crippen LogP contribution < -0.4 is 15.2 Å². The summed E-state index contributed by atoms with van der Waals surface area (Å²) in [4.78, 5) is 51.7. The number of benzene rings is 2. The molecule has 2 aromatic heterocycles. The Bertz CT molecular complexity index is 1650. The zero-order chi connectivity index (χ0) is 35.3. The van der Waals surface area contributed by atoms with Gasteiger partial charge in [0.05, 0.1) is 40.1 Å². The molecule has 0 fully saturated rings. The molecule has 0 unspecified atom stereocenters. The lowest BCUT2D eigenvalue weighted by atomic mass is 9.92. The smallest absolute Gasteiger partial charge is 0.352 e. The summed E-state index contributed by atoms with van der Waals surface area (Å²) in [6.07, 6.45) is 1.45. The number of Topliss-reactive ketones (excluding diaryl/α,β-unsaturated/α-hetero) is 1. The molecule has 4 rings (SSSR count). The number of carboxylic acid groups (broad SMARTS) is 1. The number of nitrogens with two attached hydrogens (primary N) is 1. The van der Waals surface area contributed by atoms with E-state index in [0.717, 1.165) is 21.8 Å². The van der Waals surface area contributed by atoms with E-state index in [4.69, 9.17) is 25.1 Å². The second-order valence-electron chi connectivity index (χ2n) is 11.8. The van der Waals surface area contributed by atoms with Crippen molar-refractivity contribution in [1.82, 2.24) is 9.97 Å². The first kappa shape index (κ1) is 47.6. The van der Waals surface area contributed by atoms with Gasteiger partial charge >= 0.3 is 17.9 Å². The van der Waals surface area contributed by atoms with Gasteiger partial charge < -0.3 is 39.8 Å². The number of aromatic amines is 2. The fourth-order valence-corrected chi connectivity index (χ4v) is 4.96. The molecule has 12 nitrogen and oxygen atoms in total. The van der Waals surface area contributed by atoms with Gasteiger partial charge in [0.15, 0.2) is 5.78 Å². The van der Waals surface area contributed by atoms with Gasteiger partial charge in [0.1, 0.15) is 23.2 Å². The van der Waals surface area contributed by atoms with Crippen LogP contribution in [0.4, 0.5) is 0 Å². The molecule has 0 spiro atoms. The van der Waals surface area contributed by atoms with Gasteiger partial charge in [0.2, 0.25) is 0 Å². The fraction of sp³-hybridized carbons (Fsp3) is 0.459. The quantitative estimate of drug-likeness (QED) is 0.0836. The van der Waals surface area contributed by atoms with Gasteiger partial charge in [-0.25, -0.2) is 4.79 Å². The summed E-state index contributed by atoms with van der Waals surface area (Å²) in [6.45, 7) is 8.08. The lowest BCUT2D eigenvalue weighted by Crippen LogP contribution is -2.32. The number of ketones is 1. The average molecular weight is 722 g/mol. The Balaban J connectivity index is 0. The first-order valence-electron chi connectivity index (χ1n) is 15.2. The van der Waals surface area contributed by atoms with Crippen molar-refractivity contribution in [2.24, 2.45) is 23.5 Å². The zero-order valence-electron chi connectivity index (χ0n) is 28.7. The van der Waals surface area contributed by atoms with Gasteiger partial charge in [0, 0.05) is 28.2 Å². The summed E-state index contributed by atoms with van der Waals surface area (Å²) < 4.78 is 19.7. The summed E-state index contributed by atoms with van der Waals surface area (Å²) in [5.41, 5.74) is 7.72. The molecule has 13 heteroatoms. The maximum atomic E-state index is 12.5. The first-order chi connectivity index (χ1) is 22.3. The topological polar surface area (TPSA) is 183 Å². The lowest BCUT2D eigenvalue weighted by Gasteiger charge is -2.15. The Morgan fingerprint density at radius 1 is 0.720 bits per heavy atom. The van der Waals surface area contributed by atoms with E-state index in [2.05, 4.69) is 14.7 Å². The molecule has 0 saturated heterocycles. The van der Waals surface area contributed by atoms with Crippen molar-refractivity contribution in [3.05, 3.63) is 59.9 Å². The fourth-order valence-electron chi connectivity index (χ4n) is 4.96. The van der Waals surface area contributed by atoms with Crippen molar-refractivity contribution >= 4 is 57.9 Å². The summed E-state index contributed by atoms with van der Waals surface area (Å²) in [6, 6.07) is 13.9. The number of hydrogen-bond acceptors (Lipinski definition) is 9. The number of esters is 2. The van der Waals surface area contributed by atoms with Gasteiger partial charge in [-0.05, 0) is 61.1 Å². The molecule has 0 saturated carbocycles. The number of carboxylic acids is 1. The number of rotatable bonds is 12. The molecule has 0 amide bonds. The minimum absolute atomic E-state index is 0. The summed E-state index contributed by atoms with van der Waals surface area (Å²) in [7, 11) is 5.86. The molecule has 0 bridgehead atoms. The van der Waals surface area contributed by atoms with Crippen LogP contribution in [0.15, 0.2) is 48.5 Å². The van der Waals surface area contributed by atoms with E-state index in [1.54, 1.807) is 32.4 Å². The summed E-state index contributed by atoms with van der Waals surface area (Å²) in [5, 5.41) is 10.4. The number of methoxy groups -OCH3 is 4. The van der Waals surface area contributed by atoms with E-state index in [1.165, 1.54) is 14.2 Å². The van der Waals surface area contributed by atoms with Crippen LogP contribution >= 0.6 is 12.4 Å². The van der Waals surface area contributed by atoms with E-state index >= 15 is 0 Å². The molecule has 4 aromatic rings. The highest BCUT2D eigenvalue weighted by atomic mass is 35.5. The van der Waals surface area contributed by atoms with E-state index in [0.29, 0.717) is 41.9 Å². The minimum Gasteiger partial charge on any atom is -0.496 e. The van der Waals surface area contributed by atoms with Crippen LogP contribution in [-0.2, 0) is 19.1 Å². The molecule has 0 radical (unpaired) electrons. The van der Waals surface area contributed by atoms with Crippen LogP contribution in [0.1, 0.15) is 82.8 Å². The van der Waals surface area contributed by atoms with E-state index in [9.17, 15) is 19.2 Å². The third kappa shape index (κ3) is 13.8. The maximum Gasteiger partial charge on any atom is 0.352 e. The molecule has 0 aliphatic carbocycles. The molecule has 0 aliphatic rings. The molecule has 280 valence electrons. The number of ether oxygens (including phenoxy) is 4. The van der Waals surface area contributed by atoms with Crippen molar-refractivity contribution in [2.45, 2.75) is 67.9 Å². The van der Waals surface area contributed by atoms with Gasteiger partial charge in [-0.2, -0.15) is 0 Å². The number of aromatic nitrogens is 2. The van der Waals surface area contributed by atoms with Crippen molar-refractivity contribution in [2.75, 3.05) is 28.4 Å². The Labute approximate surface area is 301 Å². The van der Waals surface area contributed by atoms with Crippen LogP contribution in [0.3, 0.4) is 0 Å². The highest BCUT2D eigenvalue weighted by Gasteiger charge is 2.25. The number of fused-ring (bicyclic) bond motifs is 2. The lowest BCUT2D eigenvalue weighted by molar-refractivity contribution is -0.146. The average Bonchev–Trinajstić information content (AvgIpc) is 3.69. The third-order valence-electron chi connectivity index (χ3n) is 7.17. The molecular weight excluding hydrogens is 666 g/mol. The monoisotopic (exact) mass is 721 g/mol. The number of hydrogen-bond donors (Lipinski definition) is 4. The van der Waals surface area contributed by atoms with Crippen LogP contribution in [0.5, 0.6) is 11.5 Å². The summed E-state index contributed by atoms with van der Waals surface area (Å²) >= 11 is 0. The van der Waals surface area contributed by atoms with Crippen molar-refractivity contribution < 1.29 is 43.2 Å². The highest BCUT2D eigenvalue weighted by Crippen LogP contribution is 2.28. The Morgan fingerprint density at radius 3 is 1.56 bits per heavy atom. The van der Waals surface area contributed by atoms with Gasteiger partial charge in [-0.3, -0.25) is 14.4 Å². The third-order valence-corrected chi connectivity index (χ3v) is 7.17. The van der Waals surface area contributed by atoms with Gasteiger partial charge in [0.25, 0.3) is 0 Å². The van der Waals surface area contributed by atoms with Crippen LogP contribution in [0.25, 0.3) is 21.8 Å². The number of nitrogens with one attached hydrogen (secondary N) is 2. The van der Waals surface area contributed by atoms with Crippen molar-refractivity contribution in [3.63, 3.8) is 0 Å². The Morgan fingerprint density at radius 2 is 1.16 bits per heavy atom. The van der Waals surface area contributed by atoms with E-state index in [1.807, 2.05) is 58.0 Å². The Kier molecular flexibility index (Phi) is 21.8. The zero-order valence-corrected chi connectivity index (χ0v) is 29.6. The number of H-pyrrole nitrogens is 2. The number of carbonyl (C=O) groups excluding carboxylic acids is 3. The highest BCUT2D eigenvalue weighted by molar-refractivity contribution is 6.02. The number of halogens is 1. The molecular formula is C37H56ClN3O9. The van der Waals surface area contributed by atoms with Crippen LogP contribution in [0.2, 0.25) is 0 Å². The molecule has 0 aliphatic heterocycles.